The van der Waals surface area contributed by atoms with Gasteiger partial charge in [-0.25, -0.2) is 0 Å². The van der Waals surface area contributed by atoms with Gasteiger partial charge in [0.05, 0.1) is 25.5 Å². The van der Waals surface area contributed by atoms with Gasteiger partial charge in [-0.3, -0.25) is 4.90 Å². The number of morpholine rings is 1. The molecule has 1 aromatic heterocycles. The fourth-order valence-electron chi connectivity index (χ4n) is 4.66. The number of benzene rings is 2. The summed E-state index contributed by atoms with van der Waals surface area (Å²) in [7, 11) is 0. The van der Waals surface area contributed by atoms with E-state index in [9.17, 15) is 5.11 Å². The number of nitrogen functional groups attached to an aromatic ring is 1. The number of aromatic nitrogens is 2. The van der Waals surface area contributed by atoms with Crippen LogP contribution in [0.4, 0.5) is 11.5 Å². The molecule has 8 heteroatoms. The van der Waals surface area contributed by atoms with E-state index in [1.54, 1.807) is 6.07 Å². The number of hydrogen-bond donors (Lipinski definition) is 2. The van der Waals surface area contributed by atoms with E-state index in [0.29, 0.717) is 18.4 Å². The highest BCUT2D eigenvalue weighted by molar-refractivity contribution is 5.95. The van der Waals surface area contributed by atoms with Crippen LogP contribution >= 0.6 is 0 Å². The first kappa shape index (κ1) is 21.7. The first-order chi connectivity index (χ1) is 16.1. The second-order valence-corrected chi connectivity index (χ2v) is 8.85. The number of hydrogen-bond acceptors (Lipinski definition) is 8. The SMILES string of the molecule is CC(CCN1CCOCC1)Oc1nc(N)c2c(n1)CN(c1cc(O)cc3ccccc13)CC2. The van der Waals surface area contributed by atoms with Crippen LogP contribution in [0.25, 0.3) is 10.8 Å². The maximum atomic E-state index is 10.3. The summed E-state index contributed by atoms with van der Waals surface area (Å²) in [6.07, 6.45) is 1.62. The summed E-state index contributed by atoms with van der Waals surface area (Å²) in [5, 5.41) is 12.4. The molecular formula is C25H31N5O3. The van der Waals surface area contributed by atoms with E-state index in [4.69, 9.17) is 20.2 Å². The Labute approximate surface area is 193 Å². The van der Waals surface area contributed by atoms with Gasteiger partial charge in [0.25, 0.3) is 0 Å². The van der Waals surface area contributed by atoms with Crippen molar-refractivity contribution in [2.24, 2.45) is 0 Å². The van der Waals surface area contributed by atoms with Gasteiger partial charge < -0.3 is 25.2 Å². The largest absolute Gasteiger partial charge is 0.508 e. The number of ether oxygens (including phenoxy) is 2. The van der Waals surface area contributed by atoms with E-state index in [1.165, 1.54) is 0 Å². The zero-order valence-corrected chi connectivity index (χ0v) is 19.0. The Bertz CT molecular complexity index is 1130. The highest BCUT2D eigenvalue weighted by Gasteiger charge is 2.24. The molecule has 0 bridgehead atoms. The zero-order valence-electron chi connectivity index (χ0n) is 19.0. The molecule has 0 saturated carbocycles. The fourth-order valence-corrected chi connectivity index (χ4v) is 4.66. The van der Waals surface area contributed by atoms with Crippen LogP contribution < -0.4 is 15.4 Å². The smallest absolute Gasteiger partial charge is 0.318 e. The van der Waals surface area contributed by atoms with Crippen LogP contribution in [-0.4, -0.2) is 65.5 Å². The average Bonchev–Trinajstić information content (AvgIpc) is 2.82. The van der Waals surface area contributed by atoms with E-state index in [0.717, 1.165) is 80.0 Å². The summed E-state index contributed by atoms with van der Waals surface area (Å²) in [6, 6.07) is 12.0. The minimum Gasteiger partial charge on any atom is -0.508 e. The molecule has 2 aliphatic rings. The molecule has 174 valence electrons. The van der Waals surface area contributed by atoms with Gasteiger partial charge in [0.1, 0.15) is 17.7 Å². The number of phenols is 1. The standard InChI is InChI=1S/C25H31N5O3/c1-17(6-8-29-10-12-32-13-11-29)33-25-27-22-16-30(9-7-21(22)24(26)28-25)23-15-19(31)14-18-4-2-3-5-20(18)23/h2-5,14-15,17,31H,6-13,16H2,1H3,(H2,26,27,28). The molecule has 2 aromatic carbocycles. The number of rotatable bonds is 6. The molecule has 0 aliphatic carbocycles. The third-order valence-corrected chi connectivity index (χ3v) is 6.50. The summed E-state index contributed by atoms with van der Waals surface area (Å²) >= 11 is 0. The Kier molecular flexibility index (Phi) is 6.20. The third kappa shape index (κ3) is 4.82. The van der Waals surface area contributed by atoms with Crippen molar-refractivity contribution in [3.63, 3.8) is 0 Å². The molecule has 1 unspecified atom stereocenters. The number of nitrogens with two attached hydrogens (primary N) is 1. The lowest BCUT2D eigenvalue weighted by molar-refractivity contribution is 0.0322. The van der Waals surface area contributed by atoms with E-state index >= 15 is 0 Å². The minimum atomic E-state index is -0.0139. The van der Waals surface area contributed by atoms with Crippen LogP contribution in [-0.2, 0) is 17.7 Å². The Morgan fingerprint density at radius 2 is 1.97 bits per heavy atom. The van der Waals surface area contributed by atoms with E-state index < -0.39 is 0 Å². The molecule has 0 radical (unpaired) electrons. The van der Waals surface area contributed by atoms with Crippen molar-refractivity contribution in [1.82, 2.24) is 14.9 Å². The minimum absolute atomic E-state index is 0.0139. The maximum absolute atomic E-state index is 10.3. The molecule has 1 atom stereocenters. The first-order valence-electron chi connectivity index (χ1n) is 11.7. The zero-order chi connectivity index (χ0) is 22.8. The van der Waals surface area contributed by atoms with Gasteiger partial charge in [0, 0.05) is 48.9 Å². The molecule has 1 saturated heterocycles. The van der Waals surface area contributed by atoms with Gasteiger partial charge in [-0.1, -0.05) is 24.3 Å². The molecule has 3 aromatic rings. The van der Waals surface area contributed by atoms with Gasteiger partial charge in [-0.15, -0.1) is 0 Å². The lowest BCUT2D eigenvalue weighted by Gasteiger charge is -2.31. The van der Waals surface area contributed by atoms with Crippen molar-refractivity contribution in [1.29, 1.82) is 0 Å². The Morgan fingerprint density at radius 3 is 2.82 bits per heavy atom. The molecule has 1 fully saturated rings. The second-order valence-electron chi connectivity index (χ2n) is 8.85. The number of nitrogens with zero attached hydrogens (tertiary/aromatic N) is 4. The van der Waals surface area contributed by atoms with Gasteiger partial charge in [0.2, 0.25) is 0 Å². The molecule has 3 N–H and O–H groups in total. The quantitative estimate of drug-likeness (QED) is 0.593. The van der Waals surface area contributed by atoms with Gasteiger partial charge in [-0.05, 0) is 31.2 Å². The number of aromatic hydroxyl groups is 1. The van der Waals surface area contributed by atoms with Crippen LogP contribution in [0.5, 0.6) is 11.8 Å². The Balaban J connectivity index is 1.32. The van der Waals surface area contributed by atoms with E-state index in [1.807, 2.05) is 31.2 Å². The van der Waals surface area contributed by atoms with E-state index in [2.05, 4.69) is 20.9 Å². The second kappa shape index (κ2) is 9.41. The predicted molar refractivity (Wildman–Crippen MR) is 129 cm³/mol. The first-order valence-corrected chi connectivity index (χ1v) is 11.7. The number of fused-ring (bicyclic) bond motifs is 2. The average molecular weight is 450 g/mol. The third-order valence-electron chi connectivity index (χ3n) is 6.50. The molecule has 33 heavy (non-hydrogen) atoms. The fraction of sp³-hybridized carbons (Fsp3) is 0.440. The van der Waals surface area contributed by atoms with Crippen molar-refractivity contribution >= 4 is 22.3 Å². The number of anilines is 2. The molecule has 0 spiro atoms. The summed E-state index contributed by atoms with van der Waals surface area (Å²) in [4.78, 5) is 13.8. The summed E-state index contributed by atoms with van der Waals surface area (Å²) in [5.74, 6) is 0.755. The molecule has 3 heterocycles. The highest BCUT2D eigenvalue weighted by Crippen LogP contribution is 2.35. The van der Waals surface area contributed by atoms with Gasteiger partial charge >= 0.3 is 6.01 Å². The van der Waals surface area contributed by atoms with Crippen LogP contribution in [0.1, 0.15) is 24.6 Å². The maximum Gasteiger partial charge on any atom is 0.318 e. The lowest BCUT2D eigenvalue weighted by atomic mass is 10.0. The van der Waals surface area contributed by atoms with E-state index in [-0.39, 0.29) is 11.9 Å². The summed E-state index contributed by atoms with van der Waals surface area (Å²) in [6.45, 7) is 7.91. The Morgan fingerprint density at radius 1 is 1.15 bits per heavy atom. The van der Waals surface area contributed by atoms with Crippen molar-refractivity contribution in [2.45, 2.75) is 32.4 Å². The monoisotopic (exact) mass is 449 g/mol. The molecule has 8 nitrogen and oxygen atoms in total. The van der Waals surface area contributed by atoms with Crippen LogP contribution in [0.2, 0.25) is 0 Å². The van der Waals surface area contributed by atoms with Gasteiger partial charge in [0.15, 0.2) is 0 Å². The van der Waals surface area contributed by atoms with Crippen molar-refractivity contribution in [2.75, 3.05) is 50.0 Å². The highest BCUT2D eigenvalue weighted by atomic mass is 16.5. The summed E-state index contributed by atoms with van der Waals surface area (Å²) < 4.78 is 11.5. The molecule has 5 rings (SSSR count). The predicted octanol–water partition coefficient (Wildman–Crippen LogP) is 2.97. The van der Waals surface area contributed by atoms with Crippen LogP contribution in [0.3, 0.4) is 0 Å². The van der Waals surface area contributed by atoms with Crippen LogP contribution in [0, 0.1) is 0 Å². The Hall–Kier alpha value is -3.10. The van der Waals surface area contributed by atoms with Crippen molar-refractivity contribution < 1.29 is 14.6 Å². The molecule has 0 amide bonds. The lowest BCUT2D eigenvalue weighted by Crippen LogP contribution is -2.38. The van der Waals surface area contributed by atoms with Crippen LogP contribution in [0.15, 0.2) is 36.4 Å². The normalized spacial score (nSPS) is 17.7. The number of phenolic OH excluding ortho intramolecular Hbond substituents is 1. The summed E-state index contributed by atoms with van der Waals surface area (Å²) in [5.41, 5.74) is 9.17. The molecule has 2 aliphatic heterocycles. The van der Waals surface area contributed by atoms with Gasteiger partial charge in [-0.2, -0.15) is 9.97 Å². The molecular weight excluding hydrogens is 418 g/mol. The van der Waals surface area contributed by atoms with Crippen molar-refractivity contribution in [3.8, 4) is 11.8 Å². The topological polar surface area (TPSA) is 97.0 Å². The van der Waals surface area contributed by atoms with Crippen molar-refractivity contribution in [3.05, 3.63) is 47.7 Å².